The van der Waals surface area contributed by atoms with Gasteiger partial charge in [-0.2, -0.15) is 18.3 Å². The maximum atomic E-state index is 13.0. The van der Waals surface area contributed by atoms with E-state index in [-0.39, 0.29) is 5.56 Å². The number of hydrogen-bond donors (Lipinski definition) is 1. The zero-order chi connectivity index (χ0) is 15.6. The molecule has 0 amide bonds. The molecule has 1 aromatic carbocycles. The van der Waals surface area contributed by atoms with Gasteiger partial charge in [0.1, 0.15) is 0 Å². The lowest BCUT2D eigenvalue weighted by molar-refractivity contribution is -0.138. The first-order chi connectivity index (χ1) is 9.90. The lowest BCUT2D eigenvalue weighted by Crippen LogP contribution is -2.11. The van der Waals surface area contributed by atoms with Crippen molar-refractivity contribution in [2.75, 3.05) is 0 Å². The highest BCUT2D eigenvalue weighted by atomic mass is 19.4. The van der Waals surface area contributed by atoms with Gasteiger partial charge < -0.3 is 5.11 Å². The molecule has 3 nitrogen and oxygen atoms in total. The van der Waals surface area contributed by atoms with E-state index < -0.39 is 18.3 Å². The minimum atomic E-state index is -4.50. The van der Waals surface area contributed by atoms with E-state index in [2.05, 4.69) is 5.10 Å². The SMILES string of the molecule is CCc1cc(CC)n(-c2ccc(CO)c(C(F)(F)F)c2)n1. The summed E-state index contributed by atoms with van der Waals surface area (Å²) in [6, 6.07) is 5.78. The van der Waals surface area contributed by atoms with Gasteiger partial charge in [-0.15, -0.1) is 0 Å². The maximum Gasteiger partial charge on any atom is 0.416 e. The Balaban J connectivity index is 2.57. The Labute approximate surface area is 121 Å². The highest BCUT2D eigenvalue weighted by Gasteiger charge is 2.33. The summed E-state index contributed by atoms with van der Waals surface area (Å²) < 4.78 is 40.7. The predicted molar refractivity (Wildman–Crippen MR) is 73.2 cm³/mol. The molecule has 0 radical (unpaired) electrons. The number of aliphatic hydroxyl groups is 1. The number of aryl methyl sites for hydroxylation is 2. The molecule has 0 saturated heterocycles. The minimum absolute atomic E-state index is 0.132. The fourth-order valence-corrected chi connectivity index (χ4v) is 2.22. The highest BCUT2D eigenvalue weighted by Crippen LogP contribution is 2.33. The molecule has 1 heterocycles. The van der Waals surface area contributed by atoms with Gasteiger partial charge >= 0.3 is 6.18 Å². The smallest absolute Gasteiger partial charge is 0.392 e. The van der Waals surface area contributed by atoms with Crippen LogP contribution >= 0.6 is 0 Å². The number of halogens is 3. The largest absolute Gasteiger partial charge is 0.416 e. The van der Waals surface area contributed by atoms with Crippen LogP contribution in [-0.2, 0) is 25.6 Å². The topological polar surface area (TPSA) is 38.0 Å². The lowest BCUT2D eigenvalue weighted by atomic mass is 10.1. The average Bonchev–Trinajstić information content (AvgIpc) is 2.89. The van der Waals surface area contributed by atoms with E-state index in [0.717, 1.165) is 23.9 Å². The van der Waals surface area contributed by atoms with Crippen LogP contribution in [0.15, 0.2) is 24.3 Å². The average molecular weight is 298 g/mol. The molecular weight excluding hydrogens is 281 g/mol. The molecule has 114 valence electrons. The summed E-state index contributed by atoms with van der Waals surface area (Å²) in [5, 5.41) is 13.4. The molecule has 1 aromatic heterocycles. The second-order valence-corrected chi connectivity index (χ2v) is 4.74. The third kappa shape index (κ3) is 3.10. The number of nitrogens with zero attached hydrogens (tertiary/aromatic N) is 2. The first-order valence-corrected chi connectivity index (χ1v) is 6.79. The van der Waals surface area contributed by atoms with Crippen LogP contribution in [0.3, 0.4) is 0 Å². The normalized spacial score (nSPS) is 11.9. The van der Waals surface area contributed by atoms with E-state index in [1.165, 1.54) is 10.7 Å². The van der Waals surface area contributed by atoms with Gasteiger partial charge in [0.2, 0.25) is 0 Å². The number of hydrogen-bond acceptors (Lipinski definition) is 2. The molecule has 0 bridgehead atoms. The fraction of sp³-hybridized carbons (Fsp3) is 0.400. The van der Waals surface area contributed by atoms with E-state index in [0.29, 0.717) is 12.1 Å². The number of rotatable bonds is 4. The molecule has 0 aliphatic heterocycles. The minimum Gasteiger partial charge on any atom is -0.392 e. The monoisotopic (exact) mass is 298 g/mol. The van der Waals surface area contributed by atoms with E-state index in [9.17, 15) is 13.2 Å². The third-order valence-electron chi connectivity index (χ3n) is 3.37. The molecule has 0 saturated carbocycles. The zero-order valence-corrected chi connectivity index (χ0v) is 11.9. The van der Waals surface area contributed by atoms with Gasteiger partial charge in [-0.1, -0.05) is 19.9 Å². The summed E-state index contributed by atoms with van der Waals surface area (Å²) in [7, 11) is 0. The fourth-order valence-electron chi connectivity index (χ4n) is 2.22. The number of alkyl halides is 3. The molecule has 2 rings (SSSR count). The van der Waals surface area contributed by atoms with Crippen molar-refractivity contribution < 1.29 is 18.3 Å². The molecule has 0 fully saturated rings. The van der Waals surface area contributed by atoms with Crippen molar-refractivity contribution >= 4 is 0 Å². The first-order valence-electron chi connectivity index (χ1n) is 6.79. The number of benzene rings is 1. The quantitative estimate of drug-likeness (QED) is 0.938. The Morgan fingerprint density at radius 1 is 1.14 bits per heavy atom. The van der Waals surface area contributed by atoms with Gasteiger partial charge in [0, 0.05) is 5.69 Å². The van der Waals surface area contributed by atoms with Crippen LogP contribution in [0.4, 0.5) is 13.2 Å². The van der Waals surface area contributed by atoms with E-state index in [1.807, 2.05) is 19.9 Å². The molecule has 6 heteroatoms. The van der Waals surface area contributed by atoms with Crippen molar-refractivity contribution in [3.8, 4) is 5.69 Å². The van der Waals surface area contributed by atoms with Crippen molar-refractivity contribution in [1.29, 1.82) is 0 Å². The summed E-state index contributed by atoms with van der Waals surface area (Å²) >= 11 is 0. The molecule has 21 heavy (non-hydrogen) atoms. The maximum absolute atomic E-state index is 13.0. The molecule has 0 atom stereocenters. The molecule has 0 unspecified atom stereocenters. The van der Waals surface area contributed by atoms with Crippen molar-refractivity contribution in [3.05, 3.63) is 46.8 Å². The van der Waals surface area contributed by atoms with Crippen LogP contribution in [0.5, 0.6) is 0 Å². The Kier molecular flexibility index (Phi) is 4.37. The second kappa shape index (κ2) is 5.89. The lowest BCUT2D eigenvalue weighted by Gasteiger charge is -2.14. The standard InChI is InChI=1S/C15H17F3N2O/c1-3-11-7-12(4-2)20(19-11)13-6-5-10(9-21)14(8-13)15(16,17)18/h5-8,21H,3-4,9H2,1-2H3. The molecular formula is C15H17F3N2O. The van der Waals surface area contributed by atoms with Gasteiger partial charge in [0.15, 0.2) is 0 Å². The summed E-state index contributed by atoms with van der Waals surface area (Å²) in [4.78, 5) is 0. The van der Waals surface area contributed by atoms with Gasteiger partial charge in [-0.05, 0) is 36.6 Å². The molecule has 0 aliphatic rings. The van der Waals surface area contributed by atoms with E-state index in [1.54, 1.807) is 6.07 Å². The van der Waals surface area contributed by atoms with Crippen molar-refractivity contribution in [2.45, 2.75) is 39.5 Å². The van der Waals surface area contributed by atoms with E-state index in [4.69, 9.17) is 5.11 Å². The third-order valence-corrected chi connectivity index (χ3v) is 3.37. The molecule has 2 aromatic rings. The Hall–Kier alpha value is -1.82. The Bertz CT molecular complexity index is 632. The summed E-state index contributed by atoms with van der Waals surface area (Å²) in [5.41, 5.74) is 1.10. The molecule has 1 N–H and O–H groups in total. The number of aliphatic hydroxyl groups excluding tert-OH is 1. The van der Waals surface area contributed by atoms with Crippen LogP contribution in [0, 0.1) is 0 Å². The predicted octanol–water partition coefficient (Wildman–Crippen LogP) is 3.51. The number of aromatic nitrogens is 2. The van der Waals surface area contributed by atoms with E-state index >= 15 is 0 Å². The van der Waals surface area contributed by atoms with Crippen molar-refractivity contribution in [1.82, 2.24) is 9.78 Å². The molecule has 0 aliphatic carbocycles. The van der Waals surface area contributed by atoms with Crippen LogP contribution in [-0.4, -0.2) is 14.9 Å². The second-order valence-electron chi connectivity index (χ2n) is 4.74. The van der Waals surface area contributed by atoms with Gasteiger partial charge in [-0.25, -0.2) is 4.68 Å². The van der Waals surface area contributed by atoms with Crippen LogP contribution in [0.2, 0.25) is 0 Å². The summed E-state index contributed by atoms with van der Waals surface area (Å²) in [5.74, 6) is 0. The van der Waals surface area contributed by atoms with Crippen LogP contribution in [0.1, 0.15) is 36.4 Å². The van der Waals surface area contributed by atoms with Gasteiger partial charge in [-0.3, -0.25) is 0 Å². The summed E-state index contributed by atoms with van der Waals surface area (Å²) in [6.45, 7) is 3.23. The zero-order valence-electron chi connectivity index (χ0n) is 11.9. The van der Waals surface area contributed by atoms with Gasteiger partial charge in [0.05, 0.1) is 23.6 Å². The van der Waals surface area contributed by atoms with Crippen molar-refractivity contribution in [2.24, 2.45) is 0 Å². The Morgan fingerprint density at radius 2 is 1.86 bits per heavy atom. The summed E-state index contributed by atoms with van der Waals surface area (Å²) in [6.07, 6.45) is -3.10. The van der Waals surface area contributed by atoms with Gasteiger partial charge in [0.25, 0.3) is 0 Å². The first kappa shape index (κ1) is 15.6. The van der Waals surface area contributed by atoms with Crippen LogP contribution in [0.25, 0.3) is 5.69 Å². The van der Waals surface area contributed by atoms with Crippen molar-refractivity contribution in [3.63, 3.8) is 0 Å². The highest BCUT2D eigenvalue weighted by molar-refractivity contribution is 5.42. The Morgan fingerprint density at radius 3 is 2.38 bits per heavy atom. The molecule has 0 spiro atoms. The van der Waals surface area contributed by atoms with Crippen LogP contribution < -0.4 is 0 Å².